The van der Waals surface area contributed by atoms with Crippen LogP contribution in [0.15, 0.2) is 29.2 Å². The molecule has 0 spiro atoms. The molecule has 1 aromatic heterocycles. The van der Waals surface area contributed by atoms with Crippen LogP contribution in [0.2, 0.25) is 0 Å². The van der Waals surface area contributed by atoms with Crippen molar-refractivity contribution in [1.29, 1.82) is 0 Å². The van der Waals surface area contributed by atoms with E-state index in [1.807, 2.05) is 27.7 Å². The summed E-state index contributed by atoms with van der Waals surface area (Å²) in [6, 6.07) is 4.82. The molecular formula is C27H39N5O5S2. The Morgan fingerprint density at radius 1 is 1.05 bits per heavy atom. The average Bonchev–Trinajstić information content (AvgIpc) is 3.20. The number of hydrogen-bond acceptors (Lipinski definition) is 7. The van der Waals surface area contributed by atoms with Gasteiger partial charge >= 0.3 is 6.03 Å². The van der Waals surface area contributed by atoms with Crippen LogP contribution in [0, 0.1) is 11.8 Å². The smallest absolute Gasteiger partial charge is 0.319 e. The SMILES string of the molecule is CCCN1CCc2c(sc(NC(=O)c3ccc(S(=O)(=O)N(CC(C)C)CC(C)C)cc3)c2C(=O)NC(N)=O)C1. The molecule has 0 aliphatic carbocycles. The summed E-state index contributed by atoms with van der Waals surface area (Å²) >= 11 is 1.30. The lowest BCUT2D eigenvalue weighted by Gasteiger charge is -2.26. The van der Waals surface area contributed by atoms with Gasteiger partial charge in [0, 0.05) is 36.6 Å². The quantitative estimate of drug-likeness (QED) is 0.370. The molecule has 1 aliphatic heterocycles. The predicted octanol–water partition coefficient (Wildman–Crippen LogP) is 3.88. The second-order valence-corrected chi connectivity index (χ2v) is 13.7. The maximum atomic E-state index is 13.3. The Hall–Kier alpha value is -2.80. The van der Waals surface area contributed by atoms with Gasteiger partial charge < -0.3 is 11.1 Å². The maximum absolute atomic E-state index is 13.3. The highest BCUT2D eigenvalue weighted by Crippen LogP contribution is 2.37. The molecule has 0 unspecified atom stereocenters. The maximum Gasteiger partial charge on any atom is 0.319 e. The normalized spacial score (nSPS) is 14.1. The fourth-order valence-corrected chi connectivity index (χ4v) is 7.70. The number of nitrogens with one attached hydrogen (secondary N) is 2. The van der Waals surface area contributed by atoms with Crippen LogP contribution in [0.1, 0.15) is 72.2 Å². The number of primary amides is 1. The van der Waals surface area contributed by atoms with Crippen molar-refractivity contribution in [1.82, 2.24) is 14.5 Å². The van der Waals surface area contributed by atoms with Gasteiger partial charge in [0.05, 0.1) is 10.5 Å². The average molecular weight is 578 g/mol. The van der Waals surface area contributed by atoms with Crippen molar-refractivity contribution in [3.8, 4) is 0 Å². The van der Waals surface area contributed by atoms with E-state index < -0.39 is 27.9 Å². The van der Waals surface area contributed by atoms with Crippen LogP contribution < -0.4 is 16.4 Å². The van der Waals surface area contributed by atoms with E-state index in [9.17, 15) is 22.8 Å². The first kappa shape index (κ1) is 30.7. The number of nitrogens with two attached hydrogens (primary N) is 1. The molecule has 39 heavy (non-hydrogen) atoms. The number of anilines is 1. The van der Waals surface area contributed by atoms with Crippen molar-refractivity contribution >= 4 is 44.2 Å². The lowest BCUT2D eigenvalue weighted by molar-refractivity contribution is 0.0965. The lowest BCUT2D eigenvalue weighted by Crippen LogP contribution is -2.37. The molecule has 3 rings (SSSR count). The zero-order chi connectivity index (χ0) is 28.9. The molecule has 0 saturated heterocycles. The fourth-order valence-electron chi connectivity index (χ4n) is 4.65. The van der Waals surface area contributed by atoms with Crippen LogP contribution in [0.4, 0.5) is 9.80 Å². The van der Waals surface area contributed by atoms with Crippen molar-refractivity contribution in [2.45, 2.75) is 58.9 Å². The number of imide groups is 1. The monoisotopic (exact) mass is 577 g/mol. The zero-order valence-electron chi connectivity index (χ0n) is 23.2. The number of hydrogen-bond donors (Lipinski definition) is 3. The van der Waals surface area contributed by atoms with Gasteiger partial charge in [0.1, 0.15) is 5.00 Å². The summed E-state index contributed by atoms with van der Waals surface area (Å²) in [5, 5.41) is 5.26. The molecule has 4 N–H and O–H groups in total. The van der Waals surface area contributed by atoms with Gasteiger partial charge in [0.25, 0.3) is 11.8 Å². The third-order valence-corrected chi connectivity index (χ3v) is 9.24. The van der Waals surface area contributed by atoms with Crippen molar-refractivity contribution in [2.75, 3.05) is 31.5 Å². The molecule has 0 fully saturated rings. The largest absolute Gasteiger partial charge is 0.351 e. The van der Waals surface area contributed by atoms with Gasteiger partial charge in [-0.05, 0) is 61.1 Å². The number of rotatable bonds is 11. The molecule has 0 radical (unpaired) electrons. The van der Waals surface area contributed by atoms with E-state index in [0.29, 0.717) is 31.1 Å². The number of thiophene rings is 1. The van der Waals surface area contributed by atoms with Crippen molar-refractivity contribution < 1.29 is 22.8 Å². The third-order valence-electron chi connectivity index (χ3n) is 6.26. The second-order valence-electron chi connectivity index (χ2n) is 10.6. The Kier molecular flexibility index (Phi) is 10.3. The second kappa shape index (κ2) is 13.0. The Morgan fingerprint density at radius 3 is 2.21 bits per heavy atom. The summed E-state index contributed by atoms with van der Waals surface area (Å²) in [6.07, 6.45) is 1.61. The highest BCUT2D eigenvalue weighted by atomic mass is 32.2. The first-order valence-corrected chi connectivity index (χ1v) is 15.5. The number of carbonyl (C=O) groups is 3. The predicted molar refractivity (Wildman–Crippen MR) is 153 cm³/mol. The number of fused-ring (bicyclic) bond motifs is 1. The van der Waals surface area contributed by atoms with Gasteiger partial charge in [-0.15, -0.1) is 11.3 Å². The topological polar surface area (TPSA) is 142 Å². The number of amides is 4. The van der Waals surface area contributed by atoms with Crippen molar-refractivity contribution in [2.24, 2.45) is 17.6 Å². The van der Waals surface area contributed by atoms with E-state index in [2.05, 4.69) is 22.5 Å². The number of benzene rings is 1. The van der Waals surface area contributed by atoms with Crippen molar-refractivity contribution in [3.05, 3.63) is 45.8 Å². The molecule has 1 aromatic carbocycles. The number of carbonyl (C=O) groups excluding carboxylic acids is 3. The molecule has 12 heteroatoms. The molecule has 1 aliphatic rings. The standard InChI is InChI=1S/C27H39N5O5S2/c1-6-12-31-13-11-21-22(16-31)38-26(23(21)25(34)30-27(28)35)29-24(33)19-7-9-20(10-8-19)39(36,37)32(14-17(2)3)15-18(4)5/h7-10,17-18H,6,11-16H2,1-5H3,(H,29,33)(H3,28,30,34,35). The summed E-state index contributed by atoms with van der Waals surface area (Å²) in [5.41, 5.74) is 6.48. The van der Waals surface area contributed by atoms with E-state index in [1.165, 1.54) is 39.9 Å². The van der Waals surface area contributed by atoms with Crippen LogP contribution in [0.5, 0.6) is 0 Å². The molecule has 214 valence electrons. The molecule has 0 atom stereocenters. The Morgan fingerprint density at radius 2 is 1.67 bits per heavy atom. The first-order chi connectivity index (χ1) is 18.3. The fraction of sp³-hybridized carbons (Fsp3) is 0.519. The van der Waals surface area contributed by atoms with Gasteiger partial charge in [0.15, 0.2) is 0 Å². The van der Waals surface area contributed by atoms with Crippen LogP contribution in [0.25, 0.3) is 0 Å². The van der Waals surface area contributed by atoms with Crippen molar-refractivity contribution in [3.63, 3.8) is 0 Å². The summed E-state index contributed by atoms with van der Waals surface area (Å²) in [6.45, 7) is 13.1. The first-order valence-electron chi connectivity index (χ1n) is 13.2. The van der Waals surface area contributed by atoms with Gasteiger partial charge in [-0.25, -0.2) is 13.2 Å². The van der Waals surface area contributed by atoms with Gasteiger partial charge in [-0.1, -0.05) is 34.6 Å². The molecule has 4 amide bonds. The van der Waals surface area contributed by atoms with E-state index in [1.54, 1.807) is 0 Å². The Balaban J connectivity index is 1.87. The minimum atomic E-state index is -3.73. The molecule has 0 bridgehead atoms. The Labute approximate surface area is 235 Å². The highest BCUT2D eigenvalue weighted by molar-refractivity contribution is 7.89. The van der Waals surface area contributed by atoms with E-state index in [0.717, 1.165) is 30.0 Å². The molecule has 2 heterocycles. The van der Waals surface area contributed by atoms with Gasteiger partial charge in [-0.3, -0.25) is 19.8 Å². The van der Waals surface area contributed by atoms with E-state index >= 15 is 0 Å². The van der Waals surface area contributed by atoms with Crippen LogP contribution in [0.3, 0.4) is 0 Å². The molecule has 0 saturated carbocycles. The highest BCUT2D eigenvalue weighted by Gasteiger charge is 2.30. The molecule has 2 aromatic rings. The van der Waals surface area contributed by atoms with Crippen LogP contribution in [-0.2, 0) is 23.0 Å². The summed E-state index contributed by atoms with van der Waals surface area (Å²) < 4.78 is 28.1. The summed E-state index contributed by atoms with van der Waals surface area (Å²) in [7, 11) is -3.73. The van der Waals surface area contributed by atoms with Crippen LogP contribution in [-0.4, -0.2) is 61.6 Å². The van der Waals surface area contributed by atoms with E-state index in [-0.39, 0.29) is 27.9 Å². The van der Waals surface area contributed by atoms with E-state index in [4.69, 9.17) is 5.73 Å². The summed E-state index contributed by atoms with van der Waals surface area (Å²) in [4.78, 5) is 40.8. The van der Waals surface area contributed by atoms with Crippen LogP contribution >= 0.6 is 11.3 Å². The lowest BCUT2D eigenvalue weighted by atomic mass is 10.0. The van der Waals surface area contributed by atoms with Gasteiger partial charge in [0.2, 0.25) is 10.0 Å². The minimum absolute atomic E-state index is 0.115. The zero-order valence-corrected chi connectivity index (χ0v) is 24.9. The molecule has 10 nitrogen and oxygen atoms in total. The number of sulfonamides is 1. The minimum Gasteiger partial charge on any atom is -0.351 e. The number of nitrogens with zero attached hydrogens (tertiary/aromatic N) is 2. The summed E-state index contributed by atoms with van der Waals surface area (Å²) in [5.74, 6) is -0.821. The third kappa shape index (κ3) is 7.65. The molecular weight excluding hydrogens is 538 g/mol. The van der Waals surface area contributed by atoms with Gasteiger partial charge in [-0.2, -0.15) is 4.31 Å². The Bertz CT molecular complexity index is 1290. The number of urea groups is 1.